The molecule has 4 heterocycles. The summed E-state index contributed by atoms with van der Waals surface area (Å²) in [6.07, 6.45) is 1.01. The number of H-pyrrole nitrogens is 1. The van der Waals surface area contributed by atoms with Gasteiger partial charge in [-0.15, -0.1) is 0 Å². The van der Waals surface area contributed by atoms with Gasteiger partial charge in [0, 0.05) is 5.56 Å². The van der Waals surface area contributed by atoms with E-state index >= 15 is 0 Å². The van der Waals surface area contributed by atoms with Crippen LogP contribution in [-0.4, -0.2) is 57.2 Å². The number of aromatic amines is 1. The summed E-state index contributed by atoms with van der Waals surface area (Å²) in [6, 6.07) is 20.5. The van der Waals surface area contributed by atoms with Crippen LogP contribution in [0.15, 0.2) is 60.7 Å². The number of rotatable bonds is 5. The van der Waals surface area contributed by atoms with Crippen molar-refractivity contribution in [2.45, 2.75) is 36.8 Å². The molecule has 1 saturated carbocycles. The largest absolute Gasteiger partial charge is 0.456 e. The fourth-order valence-electron chi connectivity index (χ4n) is 5.30. The van der Waals surface area contributed by atoms with Crippen LogP contribution in [0.5, 0.6) is 6.01 Å². The van der Waals surface area contributed by atoms with E-state index in [2.05, 4.69) is 34.2 Å². The first kappa shape index (κ1) is 21.3. The van der Waals surface area contributed by atoms with Crippen LogP contribution in [0.2, 0.25) is 5.02 Å². The molecule has 7 rings (SSSR count). The lowest BCUT2D eigenvalue weighted by molar-refractivity contribution is -0.0821. The Kier molecular flexibility index (Phi) is 4.89. The second kappa shape index (κ2) is 8.03. The van der Waals surface area contributed by atoms with Crippen LogP contribution in [0, 0.1) is 5.92 Å². The zero-order chi connectivity index (χ0) is 23.6. The van der Waals surface area contributed by atoms with E-state index in [1.807, 2.05) is 36.4 Å². The van der Waals surface area contributed by atoms with Crippen molar-refractivity contribution in [1.82, 2.24) is 15.0 Å². The van der Waals surface area contributed by atoms with Crippen LogP contribution < -0.4 is 4.74 Å². The predicted octanol–water partition coefficient (Wildman–Crippen LogP) is 4.63. The van der Waals surface area contributed by atoms with E-state index in [9.17, 15) is 5.11 Å². The van der Waals surface area contributed by atoms with Crippen molar-refractivity contribution < 1.29 is 19.3 Å². The number of pyridine rings is 1. The highest BCUT2D eigenvalue weighted by Gasteiger charge is 2.62. The van der Waals surface area contributed by atoms with E-state index in [4.69, 9.17) is 30.8 Å². The molecule has 3 aliphatic rings. The fourth-order valence-corrected chi connectivity index (χ4v) is 5.56. The molecule has 2 N–H and O–H groups in total. The van der Waals surface area contributed by atoms with Gasteiger partial charge in [0.25, 0.3) is 6.01 Å². The van der Waals surface area contributed by atoms with Crippen LogP contribution in [0.25, 0.3) is 33.5 Å². The van der Waals surface area contributed by atoms with Crippen LogP contribution in [0.4, 0.5) is 0 Å². The molecule has 8 heteroatoms. The molecule has 2 aromatic heterocycles. The summed E-state index contributed by atoms with van der Waals surface area (Å²) >= 11 is 6.60. The lowest BCUT2D eigenvalue weighted by Gasteiger charge is -2.26. The van der Waals surface area contributed by atoms with Crippen molar-refractivity contribution in [3.05, 3.63) is 65.7 Å². The number of halogens is 1. The third-order valence-electron chi connectivity index (χ3n) is 7.32. The molecule has 0 bridgehead atoms. The number of benzene rings is 2. The minimum absolute atomic E-state index is 0.258. The van der Waals surface area contributed by atoms with Crippen molar-refractivity contribution in [2.75, 3.05) is 13.2 Å². The number of hydrogen-bond acceptors (Lipinski definition) is 6. The lowest BCUT2D eigenvalue weighted by atomic mass is 9.91. The summed E-state index contributed by atoms with van der Waals surface area (Å²) in [5.74, 6) is 0.258. The molecular weight excluding hydrogens is 466 g/mol. The van der Waals surface area contributed by atoms with E-state index in [1.165, 1.54) is 0 Å². The summed E-state index contributed by atoms with van der Waals surface area (Å²) in [6.45, 7) is 0.630. The Morgan fingerprint density at radius 2 is 1.71 bits per heavy atom. The molecule has 0 amide bonds. The van der Waals surface area contributed by atoms with E-state index < -0.39 is 5.60 Å². The maximum atomic E-state index is 11.0. The first-order valence-corrected chi connectivity index (χ1v) is 12.3. The Bertz CT molecular complexity index is 1390. The molecule has 1 unspecified atom stereocenters. The molecular formula is C27H24ClN3O4. The molecule has 2 saturated heterocycles. The second-order valence-corrected chi connectivity index (χ2v) is 10.0. The molecule has 3 fully saturated rings. The van der Waals surface area contributed by atoms with Crippen molar-refractivity contribution in [3.8, 4) is 28.4 Å². The first-order valence-electron chi connectivity index (χ1n) is 11.9. The average Bonchev–Trinajstić information content (AvgIpc) is 3.44. The summed E-state index contributed by atoms with van der Waals surface area (Å²) in [5.41, 5.74) is 4.15. The summed E-state index contributed by atoms with van der Waals surface area (Å²) < 4.78 is 17.9. The number of ether oxygens (including phenoxy) is 3. The van der Waals surface area contributed by atoms with Crippen LogP contribution in [0.1, 0.15) is 12.8 Å². The molecule has 4 aromatic rings. The Morgan fingerprint density at radius 3 is 2.49 bits per heavy atom. The van der Waals surface area contributed by atoms with Gasteiger partial charge >= 0.3 is 0 Å². The SMILES string of the molecule is O[C@]1(C2CC2)COC2[C@H](Oc3nc4nc(-c5ccc(-c6ccccc6)cc5)c(Cl)cc4[nH]3)CO[C@@H]21. The van der Waals surface area contributed by atoms with Gasteiger partial charge in [0.15, 0.2) is 11.8 Å². The topological polar surface area (TPSA) is 89.5 Å². The predicted molar refractivity (Wildman–Crippen MR) is 131 cm³/mol. The van der Waals surface area contributed by atoms with Crippen LogP contribution in [-0.2, 0) is 9.47 Å². The Morgan fingerprint density at radius 1 is 0.971 bits per heavy atom. The van der Waals surface area contributed by atoms with Gasteiger partial charge in [-0.05, 0) is 36.0 Å². The van der Waals surface area contributed by atoms with Crippen molar-refractivity contribution in [1.29, 1.82) is 0 Å². The monoisotopic (exact) mass is 489 g/mol. The summed E-state index contributed by atoms with van der Waals surface area (Å²) in [4.78, 5) is 12.4. The third-order valence-corrected chi connectivity index (χ3v) is 7.61. The molecule has 35 heavy (non-hydrogen) atoms. The average molecular weight is 490 g/mol. The highest BCUT2D eigenvalue weighted by molar-refractivity contribution is 6.33. The van der Waals surface area contributed by atoms with Crippen molar-refractivity contribution in [2.24, 2.45) is 5.92 Å². The Balaban J connectivity index is 1.12. The molecule has 1 aliphatic carbocycles. The summed E-state index contributed by atoms with van der Waals surface area (Å²) in [5, 5.41) is 11.5. The van der Waals surface area contributed by atoms with Gasteiger partial charge in [0.1, 0.15) is 17.8 Å². The number of aromatic nitrogens is 3. The standard InChI is InChI=1S/C27H24ClN3O4/c28-19-12-20-25(30-22(19)17-8-6-16(7-9-17)15-4-2-1-3-5-15)31-26(29-20)35-21-13-33-24-23(21)34-14-27(24,32)18-10-11-18/h1-9,12,18,21,23-24,32H,10-11,13-14H2,(H,29,30,31)/t21-,23?,24+,27+/m1/s1. The highest BCUT2D eigenvalue weighted by atomic mass is 35.5. The zero-order valence-electron chi connectivity index (χ0n) is 18.9. The van der Waals surface area contributed by atoms with Crippen LogP contribution in [0.3, 0.4) is 0 Å². The normalized spacial score (nSPS) is 27.9. The van der Waals surface area contributed by atoms with Crippen LogP contribution >= 0.6 is 11.6 Å². The van der Waals surface area contributed by atoms with Crippen molar-refractivity contribution in [3.63, 3.8) is 0 Å². The van der Waals surface area contributed by atoms with Gasteiger partial charge in [-0.25, -0.2) is 4.98 Å². The zero-order valence-corrected chi connectivity index (χ0v) is 19.6. The second-order valence-electron chi connectivity index (χ2n) is 9.63. The number of fused-ring (bicyclic) bond motifs is 2. The highest BCUT2D eigenvalue weighted by Crippen LogP contribution is 2.49. The van der Waals surface area contributed by atoms with E-state index in [0.29, 0.717) is 34.5 Å². The molecule has 2 aliphatic heterocycles. The Hall–Kier alpha value is -2.97. The quantitative estimate of drug-likeness (QED) is 0.425. The smallest absolute Gasteiger partial charge is 0.296 e. The minimum atomic E-state index is -0.906. The molecule has 0 radical (unpaired) electrons. The summed E-state index contributed by atoms with van der Waals surface area (Å²) in [7, 11) is 0. The molecule has 0 spiro atoms. The van der Waals surface area contributed by atoms with Gasteiger partial charge in [-0.2, -0.15) is 4.98 Å². The van der Waals surface area contributed by atoms with Gasteiger partial charge in [0.2, 0.25) is 0 Å². The number of imidazole rings is 1. The van der Waals surface area contributed by atoms with Gasteiger partial charge < -0.3 is 24.3 Å². The van der Waals surface area contributed by atoms with Gasteiger partial charge in [0.05, 0.1) is 29.4 Å². The third kappa shape index (κ3) is 3.62. The van der Waals surface area contributed by atoms with E-state index in [1.54, 1.807) is 0 Å². The molecule has 2 aromatic carbocycles. The molecule has 7 nitrogen and oxygen atoms in total. The number of hydrogen-bond donors (Lipinski definition) is 2. The van der Waals surface area contributed by atoms with Gasteiger partial charge in [-0.3, -0.25) is 0 Å². The van der Waals surface area contributed by atoms with E-state index in [-0.39, 0.29) is 30.8 Å². The lowest BCUT2D eigenvalue weighted by Crippen LogP contribution is -2.46. The van der Waals surface area contributed by atoms with Gasteiger partial charge in [-0.1, -0.05) is 66.2 Å². The first-order chi connectivity index (χ1) is 17.1. The minimum Gasteiger partial charge on any atom is -0.456 e. The maximum Gasteiger partial charge on any atom is 0.296 e. The molecule has 4 atom stereocenters. The molecule has 178 valence electrons. The number of nitrogens with zero attached hydrogens (tertiary/aromatic N) is 2. The fraction of sp³-hybridized carbons (Fsp3) is 0.333. The maximum absolute atomic E-state index is 11.0. The van der Waals surface area contributed by atoms with Crippen molar-refractivity contribution >= 4 is 22.8 Å². The van der Waals surface area contributed by atoms with E-state index in [0.717, 1.165) is 29.5 Å². The number of aliphatic hydroxyl groups is 1. The number of nitrogens with one attached hydrogen (secondary N) is 1. The Labute approximate surface area is 207 Å².